The van der Waals surface area contributed by atoms with Crippen molar-refractivity contribution in [1.82, 2.24) is 4.98 Å². The standard InChI is InChI=1S/C10H14N2O2/c1-7-3-4-8(6-12-7)5-9(11)10(13)14-2/h3-4,6,9H,5,11H2,1-2H3. The third-order valence-electron chi connectivity index (χ3n) is 1.93. The van der Waals surface area contributed by atoms with E-state index in [1.165, 1.54) is 7.11 Å². The van der Waals surface area contributed by atoms with Crippen LogP contribution in [0.5, 0.6) is 0 Å². The Labute approximate surface area is 83.1 Å². The lowest BCUT2D eigenvalue weighted by molar-refractivity contribution is -0.142. The monoisotopic (exact) mass is 194 g/mol. The van der Waals surface area contributed by atoms with Gasteiger partial charge in [-0.25, -0.2) is 0 Å². The van der Waals surface area contributed by atoms with Gasteiger partial charge in [0.2, 0.25) is 0 Å². The molecule has 4 heteroatoms. The topological polar surface area (TPSA) is 65.2 Å². The summed E-state index contributed by atoms with van der Waals surface area (Å²) in [6.07, 6.45) is 2.18. The van der Waals surface area contributed by atoms with E-state index in [9.17, 15) is 4.79 Å². The summed E-state index contributed by atoms with van der Waals surface area (Å²) in [6.45, 7) is 1.91. The van der Waals surface area contributed by atoms with E-state index < -0.39 is 12.0 Å². The van der Waals surface area contributed by atoms with E-state index in [0.717, 1.165) is 11.3 Å². The Balaban J connectivity index is 2.60. The molecule has 0 saturated carbocycles. The number of hydrogen-bond donors (Lipinski definition) is 1. The van der Waals surface area contributed by atoms with E-state index in [2.05, 4.69) is 9.72 Å². The third kappa shape index (κ3) is 2.81. The molecule has 0 aromatic carbocycles. The highest BCUT2D eigenvalue weighted by molar-refractivity contribution is 5.75. The molecule has 0 saturated heterocycles. The fourth-order valence-corrected chi connectivity index (χ4v) is 1.11. The van der Waals surface area contributed by atoms with Gasteiger partial charge in [0.25, 0.3) is 0 Å². The summed E-state index contributed by atoms with van der Waals surface area (Å²) in [4.78, 5) is 15.1. The number of pyridine rings is 1. The van der Waals surface area contributed by atoms with E-state index in [-0.39, 0.29) is 0 Å². The van der Waals surface area contributed by atoms with Crippen LogP contribution in [0, 0.1) is 6.92 Å². The molecule has 1 unspecified atom stereocenters. The minimum Gasteiger partial charge on any atom is -0.468 e. The Hall–Kier alpha value is -1.42. The average molecular weight is 194 g/mol. The second-order valence-electron chi connectivity index (χ2n) is 3.14. The molecule has 0 fully saturated rings. The lowest BCUT2D eigenvalue weighted by atomic mass is 10.1. The van der Waals surface area contributed by atoms with Crippen molar-refractivity contribution < 1.29 is 9.53 Å². The Morgan fingerprint density at radius 2 is 2.36 bits per heavy atom. The van der Waals surface area contributed by atoms with Crippen LogP contribution in [0.2, 0.25) is 0 Å². The summed E-state index contributed by atoms with van der Waals surface area (Å²) >= 11 is 0. The van der Waals surface area contributed by atoms with Crippen molar-refractivity contribution in [3.05, 3.63) is 29.6 Å². The van der Waals surface area contributed by atoms with E-state index in [4.69, 9.17) is 5.73 Å². The first kappa shape index (κ1) is 10.7. The highest BCUT2D eigenvalue weighted by atomic mass is 16.5. The Bertz CT molecular complexity index is 308. The van der Waals surface area contributed by atoms with Crippen molar-refractivity contribution in [1.29, 1.82) is 0 Å². The van der Waals surface area contributed by atoms with Gasteiger partial charge in [-0.05, 0) is 25.0 Å². The predicted octanol–water partition coefficient (Wildman–Crippen LogP) is 0.433. The molecule has 0 aliphatic heterocycles. The Morgan fingerprint density at radius 1 is 1.64 bits per heavy atom. The van der Waals surface area contributed by atoms with Crippen molar-refractivity contribution in [2.24, 2.45) is 5.73 Å². The van der Waals surface area contributed by atoms with Gasteiger partial charge in [0.05, 0.1) is 7.11 Å². The maximum Gasteiger partial charge on any atom is 0.322 e. The summed E-state index contributed by atoms with van der Waals surface area (Å²) in [5.41, 5.74) is 7.48. The summed E-state index contributed by atoms with van der Waals surface area (Å²) < 4.78 is 4.52. The smallest absolute Gasteiger partial charge is 0.322 e. The number of nitrogens with two attached hydrogens (primary N) is 1. The highest BCUT2D eigenvalue weighted by Gasteiger charge is 2.13. The minimum absolute atomic E-state index is 0.398. The molecule has 0 spiro atoms. The predicted molar refractivity (Wildman–Crippen MR) is 52.7 cm³/mol. The summed E-state index contributed by atoms with van der Waals surface area (Å²) in [5, 5.41) is 0. The molecule has 1 atom stereocenters. The van der Waals surface area contributed by atoms with Gasteiger partial charge in [0, 0.05) is 11.9 Å². The number of hydrogen-bond acceptors (Lipinski definition) is 4. The van der Waals surface area contributed by atoms with Crippen LogP contribution in [0.4, 0.5) is 0 Å². The van der Waals surface area contributed by atoms with Crippen molar-refractivity contribution in [3.63, 3.8) is 0 Å². The van der Waals surface area contributed by atoms with E-state index >= 15 is 0 Å². The number of carbonyl (C=O) groups excluding carboxylic acids is 1. The van der Waals surface area contributed by atoms with Gasteiger partial charge in [0.15, 0.2) is 0 Å². The van der Waals surface area contributed by atoms with Crippen molar-refractivity contribution in [2.75, 3.05) is 7.11 Å². The number of rotatable bonds is 3. The lowest BCUT2D eigenvalue weighted by Crippen LogP contribution is -2.33. The third-order valence-corrected chi connectivity index (χ3v) is 1.93. The van der Waals surface area contributed by atoms with Crippen molar-refractivity contribution in [2.45, 2.75) is 19.4 Å². The molecule has 1 aromatic rings. The van der Waals surface area contributed by atoms with Crippen LogP contribution >= 0.6 is 0 Å². The second kappa shape index (κ2) is 4.72. The fourth-order valence-electron chi connectivity index (χ4n) is 1.11. The Kier molecular flexibility index (Phi) is 3.59. The maximum absolute atomic E-state index is 11.0. The first-order chi connectivity index (χ1) is 6.63. The molecular formula is C10H14N2O2. The van der Waals surface area contributed by atoms with Crippen molar-refractivity contribution in [3.8, 4) is 0 Å². The zero-order valence-corrected chi connectivity index (χ0v) is 8.36. The van der Waals surface area contributed by atoms with Gasteiger partial charge < -0.3 is 10.5 Å². The molecule has 0 radical (unpaired) electrons. The molecule has 0 bridgehead atoms. The zero-order chi connectivity index (χ0) is 10.6. The number of carbonyl (C=O) groups is 1. The van der Waals surface area contributed by atoms with Gasteiger partial charge in [-0.3, -0.25) is 9.78 Å². The van der Waals surface area contributed by atoms with Crippen LogP contribution in [0.15, 0.2) is 18.3 Å². The van der Waals surface area contributed by atoms with Crippen LogP contribution in [-0.2, 0) is 16.0 Å². The molecule has 1 aromatic heterocycles. The van der Waals surface area contributed by atoms with Gasteiger partial charge in [-0.1, -0.05) is 6.07 Å². The second-order valence-corrected chi connectivity index (χ2v) is 3.14. The minimum atomic E-state index is -0.607. The van der Waals surface area contributed by atoms with Crippen LogP contribution in [-0.4, -0.2) is 24.1 Å². The van der Waals surface area contributed by atoms with Crippen LogP contribution in [0.3, 0.4) is 0 Å². The van der Waals surface area contributed by atoms with Crippen LogP contribution in [0.25, 0.3) is 0 Å². The first-order valence-electron chi connectivity index (χ1n) is 4.38. The van der Waals surface area contributed by atoms with Gasteiger partial charge in [0.1, 0.15) is 6.04 Å². The summed E-state index contributed by atoms with van der Waals surface area (Å²) in [7, 11) is 1.33. The largest absolute Gasteiger partial charge is 0.468 e. The number of esters is 1. The van der Waals surface area contributed by atoms with E-state index in [1.807, 2.05) is 19.1 Å². The van der Waals surface area contributed by atoms with E-state index in [1.54, 1.807) is 6.20 Å². The van der Waals surface area contributed by atoms with Gasteiger partial charge in [-0.2, -0.15) is 0 Å². The molecule has 14 heavy (non-hydrogen) atoms. The first-order valence-corrected chi connectivity index (χ1v) is 4.38. The van der Waals surface area contributed by atoms with Crippen molar-refractivity contribution >= 4 is 5.97 Å². The zero-order valence-electron chi connectivity index (χ0n) is 8.36. The molecule has 1 heterocycles. The molecule has 0 aliphatic carbocycles. The normalized spacial score (nSPS) is 12.2. The SMILES string of the molecule is COC(=O)C(N)Cc1ccc(C)nc1. The van der Waals surface area contributed by atoms with Gasteiger partial charge >= 0.3 is 5.97 Å². The molecule has 4 nitrogen and oxygen atoms in total. The molecule has 0 aliphatic rings. The summed E-state index contributed by atoms with van der Waals surface area (Å²) in [6, 6.07) is 3.19. The quantitative estimate of drug-likeness (QED) is 0.709. The maximum atomic E-state index is 11.0. The number of aromatic nitrogens is 1. The van der Waals surface area contributed by atoms with Gasteiger partial charge in [-0.15, -0.1) is 0 Å². The van der Waals surface area contributed by atoms with Crippen LogP contribution in [0.1, 0.15) is 11.3 Å². The number of nitrogens with zero attached hydrogens (tertiary/aromatic N) is 1. The van der Waals surface area contributed by atoms with Crippen LogP contribution < -0.4 is 5.73 Å². The molecule has 0 amide bonds. The highest BCUT2D eigenvalue weighted by Crippen LogP contribution is 2.02. The average Bonchev–Trinajstić information content (AvgIpc) is 2.20. The summed E-state index contributed by atoms with van der Waals surface area (Å²) in [5.74, 6) is -0.398. The number of ether oxygens (including phenoxy) is 1. The Morgan fingerprint density at radius 3 is 2.86 bits per heavy atom. The molecular weight excluding hydrogens is 180 g/mol. The number of methoxy groups -OCH3 is 1. The molecule has 76 valence electrons. The molecule has 2 N–H and O–H groups in total. The lowest BCUT2D eigenvalue weighted by Gasteiger charge is -2.08. The molecule has 1 rings (SSSR count). The number of aryl methyl sites for hydroxylation is 1. The van der Waals surface area contributed by atoms with E-state index in [0.29, 0.717) is 6.42 Å². The fraction of sp³-hybridized carbons (Fsp3) is 0.400.